The Hall–Kier alpha value is 0.0700. The zero-order chi connectivity index (χ0) is 6.57. The Balaban J connectivity index is 3.40. The number of carbonyl (C=O) groups is 2. The maximum Gasteiger partial charge on any atom is 0.149 e. The molecule has 0 spiro atoms. The SMILES string of the molecule is CC(=O)CC(=O)CI. The highest BCUT2D eigenvalue weighted by atomic mass is 127. The normalized spacial score (nSPS) is 8.75. The Morgan fingerprint density at radius 2 is 2.00 bits per heavy atom. The molecule has 3 heteroatoms. The van der Waals surface area contributed by atoms with Crippen molar-refractivity contribution in [2.75, 3.05) is 4.43 Å². The van der Waals surface area contributed by atoms with Gasteiger partial charge in [0, 0.05) is 0 Å². The van der Waals surface area contributed by atoms with E-state index in [-0.39, 0.29) is 18.0 Å². The number of alkyl halides is 1. The van der Waals surface area contributed by atoms with Crippen LogP contribution in [0, 0.1) is 0 Å². The highest BCUT2D eigenvalue weighted by molar-refractivity contribution is 14.1. The van der Waals surface area contributed by atoms with Gasteiger partial charge in [0.05, 0.1) is 10.8 Å². The van der Waals surface area contributed by atoms with Crippen LogP contribution in [-0.4, -0.2) is 16.0 Å². The Morgan fingerprint density at radius 1 is 1.50 bits per heavy atom. The first kappa shape index (κ1) is 8.07. The molecule has 46 valence electrons. The molecule has 0 aromatic rings. The molecule has 2 nitrogen and oxygen atoms in total. The second-order valence-corrected chi connectivity index (χ2v) is 2.31. The molecular weight excluding hydrogens is 219 g/mol. The predicted molar refractivity (Wildman–Crippen MR) is 39.2 cm³/mol. The van der Waals surface area contributed by atoms with Crippen LogP contribution in [0.4, 0.5) is 0 Å². The number of carbonyl (C=O) groups excluding carboxylic acids is 2. The number of hydrogen-bond donors (Lipinski definition) is 0. The first-order valence-electron chi connectivity index (χ1n) is 2.24. The molecule has 0 bridgehead atoms. The molecule has 8 heavy (non-hydrogen) atoms. The lowest BCUT2D eigenvalue weighted by molar-refractivity contribution is -0.124. The van der Waals surface area contributed by atoms with Gasteiger partial charge in [0.1, 0.15) is 11.6 Å². The average molecular weight is 226 g/mol. The summed E-state index contributed by atoms with van der Waals surface area (Å²) in [5.74, 6) is -0.0373. The van der Waals surface area contributed by atoms with E-state index in [2.05, 4.69) is 0 Å². The summed E-state index contributed by atoms with van der Waals surface area (Å²) in [6.45, 7) is 1.42. The number of rotatable bonds is 3. The molecule has 0 aliphatic carbocycles. The lowest BCUT2D eigenvalue weighted by atomic mass is 10.2. The highest BCUT2D eigenvalue weighted by Crippen LogP contribution is 1.89. The Kier molecular flexibility index (Phi) is 4.03. The third-order valence-corrected chi connectivity index (χ3v) is 1.45. The zero-order valence-electron chi connectivity index (χ0n) is 4.61. The molecule has 0 heterocycles. The van der Waals surface area contributed by atoms with Crippen LogP contribution in [0.15, 0.2) is 0 Å². The predicted octanol–water partition coefficient (Wildman–Crippen LogP) is 0.970. The summed E-state index contributed by atoms with van der Waals surface area (Å²) >= 11 is 1.95. The molecule has 0 amide bonds. The molecule has 0 aromatic carbocycles. The summed E-state index contributed by atoms with van der Waals surface area (Å²) in [5.41, 5.74) is 0. The fraction of sp³-hybridized carbons (Fsp3) is 0.600. The maximum atomic E-state index is 10.4. The van der Waals surface area contributed by atoms with Crippen molar-refractivity contribution in [3.05, 3.63) is 0 Å². The van der Waals surface area contributed by atoms with Crippen molar-refractivity contribution in [2.45, 2.75) is 13.3 Å². The molecule has 0 aromatic heterocycles. The quantitative estimate of drug-likeness (QED) is 0.408. The van der Waals surface area contributed by atoms with Gasteiger partial charge in [-0.25, -0.2) is 0 Å². The van der Waals surface area contributed by atoms with Crippen LogP contribution in [0.1, 0.15) is 13.3 Å². The molecule has 0 fully saturated rings. The van der Waals surface area contributed by atoms with Gasteiger partial charge in [-0.1, -0.05) is 22.6 Å². The van der Waals surface area contributed by atoms with Gasteiger partial charge in [0.15, 0.2) is 0 Å². The minimum atomic E-state index is -0.0494. The van der Waals surface area contributed by atoms with Crippen molar-refractivity contribution in [1.82, 2.24) is 0 Å². The van der Waals surface area contributed by atoms with Gasteiger partial charge in [-0.15, -0.1) is 0 Å². The zero-order valence-corrected chi connectivity index (χ0v) is 6.77. The third-order valence-electron chi connectivity index (χ3n) is 0.595. The minimum absolute atomic E-state index is 0.0121. The van der Waals surface area contributed by atoms with Gasteiger partial charge in [-0.05, 0) is 6.92 Å². The minimum Gasteiger partial charge on any atom is -0.300 e. The maximum absolute atomic E-state index is 10.4. The summed E-state index contributed by atoms with van der Waals surface area (Å²) in [6.07, 6.45) is 0.100. The Morgan fingerprint density at radius 3 is 2.12 bits per heavy atom. The van der Waals surface area contributed by atoms with Crippen LogP contribution in [0.5, 0.6) is 0 Å². The van der Waals surface area contributed by atoms with E-state index in [1.165, 1.54) is 6.92 Å². The van der Waals surface area contributed by atoms with Gasteiger partial charge in [-0.2, -0.15) is 0 Å². The number of Topliss-reactive ketones (excluding diaryl/α,β-unsaturated/α-hetero) is 2. The van der Waals surface area contributed by atoms with Crippen LogP contribution in [-0.2, 0) is 9.59 Å². The molecule has 0 unspecified atom stereocenters. The second-order valence-electron chi connectivity index (χ2n) is 1.55. The summed E-state index contributed by atoms with van der Waals surface area (Å²) in [4.78, 5) is 20.6. The van der Waals surface area contributed by atoms with Crippen LogP contribution in [0.2, 0.25) is 0 Å². The Labute approximate surface area is 61.8 Å². The van der Waals surface area contributed by atoms with Crippen LogP contribution in [0.3, 0.4) is 0 Å². The molecule has 0 aliphatic rings. The molecular formula is C5H7IO2. The summed E-state index contributed by atoms with van der Waals surface area (Å²) < 4.78 is 0.442. The smallest absolute Gasteiger partial charge is 0.149 e. The van der Waals surface area contributed by atoms with Gasteiger partial charge in [-0.3, -0.25) is 9.59 Å². The Bertz CT molecular complexity index is 109. The molecule has 0 radical (unpaired) electrons. The lowest BCUT2D eigenvalue weighted by Gasteiger charge is -1.86. The van der Waals surface area contributed by atoms with Crippen LogP contribution in [0.25, 0.3) is 0 Å². The van der Waals surface area contributed by atoms with E-state index in [4.69, 9.17) is 0 Å². The van der Waals surface area contributed by atoms with E-state index in [0.29, 0.717) is 4.43 Å². The number of halogens is 1. The largest absolute Gasteiger partial charge is 0.300 e. The van der Waals surface area contributed by atoms with Gasteiger partial charge >= 0.3 is 0 Å². The van der Waals surface area contributed by atoms with Crippen LogP contribution < -0.4 is 0 Å². The highest BCUT2D eigenvalue weighted by Gasteiger charge is 2.00. The fourth-order valence-corrected chi connectivity index (χ4v) is 0.595. The number of ketones is 2. The lowest BCUT2D eigenvalue weighted by Crippen LogP contribution is -2.04. The molecule has 0 saturated carbocycles. The van der Waals surface area contributed by atoms with Crippen molar-refractivity contribution < 1.29 is 9.59 Å². The second kappa shape index (κ2) is 4.00. The van der Waals surface area contributed by atoms with Crippen molar-refractivity contribution in [2.24, 2.45) is 0 Å². The molecule has 0 atom stereocenters. The van der Waals surface area contributed by atoms with Crippen molar-refractivity contribution >= 4 is 34.2 Å². The summed E-state index contributed by atoms with van der Waals surface area (Å²) in [6, 6.07) is 0. The molecule has 0 N–H and O–H groups in total. The average Bonchev–Trinajstić information content (AvgIpc) is 1.65. The van der Waals surface area contributed by atoms with E-state index >= 15 is 0 Å². The molecule has 0 rings (SSSR count). The van der Waals surface area contributed by atoms with Crippen molar-refractivity contribution in [3.63, 3.8) is 0 Å². The van der Waals surface area contributed by atoms with Crippen molar-refractivity contribution in [3.8, 4) is 0 Å². The fourth-order valence-electron chi connectivity index (χ4n) is 0.325. The first-order chi connectivity index (χ1) is 3.66. The van der Waals surface area contributed by atoms with Gasteiger partial charge in [0.25, 0.3) is 0 Å². The van der Waals surface area contributed by atoms with E-state index < -0.39 is 0 Å². The van der Waals surface area contributed by atoms with Gasteiger partial charge in [0.2, 0.25) is 0 Å². The van der Waals surface area contributed by atoms with E-state index in [1.54, 1.807) is 0 Å². The standard InChI is InChI=1S/C5H7IO2/c1-4(7)2-5(8)3-6/h2-3H2,1H3. The monoisotopic (exact) mass is 226 g/mol. The first-order valence-corrected chi connectivity index (χ1v) is 3.76. The van der Waals surface area contributed by atoms with Gasteiger partial charge < -0.3 is 0 Å². The summed E-state index contributed by atoms with van der Waals surface area (Å²) in [5, 5.41) is 0. The molecule has 0 saturated heterocycles. The number of hydrogen-bond acceptors (Lipinski definition) is 2. The molecule has 0 aliphatic heterocycles. The summed E-state index contributed by atoms with van der Waals surface area (Å²) in [7, 11) is 0. The van der Waals surface area contributed by atoms with E-state index in [1.807, 2.05) is 22.6 Å². The van der Waals surface area contributed by atoms with E-state index in [0.717, 1.165) is 0 Å². The van der Waals surface area contributed by atoms with E-state index in [9.17, 15) is 9.59 Å². The van der Waals surface area contributed by atoms with Crippen LogP contribution >= 0.6 is 22.6 Å². The third kappa shape index (κ3) is 4.23. The topological polar surface area (TPSA) is 34.1 Å². The van der Waals surface area contributed by atoms with Crippen molar-refractivity contribution in [1.29, 1.82) is 0 Å².